The molecule has 0 radical (unpaired) electrons. The predicted molar refractivity (Wildman–Crippen MR) is 89.7 cm³/mol. The molecule has 0 spiro atoms. The maximum atomic E-state index is 12.2. The van der Waals surface area contributed by atoms with Gasteiger partial charge in [0.1, 0.15) is 11.5 Å². The van der Waals surface area contributed by atoms with Gasteiger partial charge in [-0.15, -0.1) is 0 Å². The first-order chi connectivity index (χ1) is 11.4. The summed E-state index contributed by atoms with van der Waals surface area (Å²) in [5.74, 6) is 0.402. The third-order valence-electron chi connectivity index (χ3n) is 3.39. The highest BCUT2D eigenvalue weighted by Gasteiger charge is 2.25. The smallest absolute Gasteiger partial charge is 0.380 e. The third kappa shape index (κ3) is 3.39. The van der Waals surface area contributed by atoms with E-state index in [0.717, 1.165) is 5.56 Å². The summed E-state index contributed by atoms with van der Waals surface area (Å²) >= 11 is 0. The lowest BCUT2D eigenvalue weighted by Gasteiger charge is -2.05. The molecule has 0 aliphatic carbocycles. The SMILES string of the molecule is COc1cccc(/C=C2/C(=O)Nc3ccc(OS(N)(=O)=O)cc32)c1. The van der Waals surface area contributed by atoms with Crippen LogP contribution in [-0.4, -0.2) is 21.4 Å². The van der Waals surface area contributed by atoms with Crippen molar-refractivity contribution in [1.82, 2.24) is 0 Å². The largest absolute Gasteiger partial charge is 0.497 e. The van der Waals surface area contributed by atoms with E-state index in [1.807, 2.05) is 6.07 Å². The van der Waals surface area contributed by atoms with E-state index in [2.05, 4.69) is 9.50 Å². The van der Waals surface area contributed by atoms with Crippen molar-refractivity contribution >= 4 is 33.5 Å². The van der Waals surface area contributed by atoms with Gasteiger partial charge >= 0.3 is 10.3 Å². The molecule has 1 aliphatic rings. The fourth-order valence-electron chi connectivity index (χ4n) is 2.39. The van der Waals surface area contributed by atoms with E-state index in [0.29, 0.717) is 22.6 Å². The molecule has 0 atom stereocenters. The predicted octanol–water partition coefficient (Wildman–Crippen LogP) is 1.77. The second-order valence-electron chi connectivity index (χ2n) is 5.07. The van der Waals surface area contributed by atoms with Crippen molar-refractivity contribution in [3.05, 3.63) is 53.6 Å². The molecule has 3 rings (SSSR count). The van der Waals surface area contributed by atoms with Crippen molar-refractivity contribution in [2.75, 3.05) is 12.4 Å². The Balaban J connectivity index is 2.03. The van der Waals surface area contributed by atoms with Crippen LogP contribution in [0.4, 0.5) is 5.69 Å². The molecule has 0 fully saturated rings. The maximum absolute atomic E-state index is 12.2. The highest BCUT2D eigenvalue weighted by Crippen LogP contribution is 2.36. The van der Waals surface area contributed by atoms with Gasteiger partial charge in [0.15, 0.2) is 0 Å². The molecular formula is C16H14N2O5S. The van der Waals surface area contributed by atoms with Crippen molar-refractivity contribution in [3.8, 4) is 11.5 Å². The highest BCUT2D eigenvalue weighted by molar-refractivity contribution is 7.84. The van der Waals surface area contributed by atoms with E-state index >= 15 is 0 Å². The molecule has 1 heterocycles. The number of rotatable bonds is 4. The molecule has 2 aromatic carbocycles. The minimum absolute atomic E-state index is 0.0318. The topological polar surface area (TPSA) is 108 Å². The van der Waals surface area contributed by atoms with E-state index in [9.17, 15) is 13.2 Å². The van der Waals surface area contributed by atoms with Crippen molar-refractivity contribution in [1.29, 1.82) is 0 Å². The van der Waals surface area contributed by atoms with Crippen LogP contribution in [-0.2, 0) is 15.1 Å². The van der Waals surface area contributed by atoms with Gasteiger partial charge in [-0.25, -0.2) is 0 Å². The van der Waals surface area contributed by atoms with Gasteiger partial charge < -0.3 is 14.2 Å². The van der Waals surface area contributed by atoms with Crippen LogP contribution >= 0.6 is 0 Å². The zero-order valence-electron chi connectivity index (χ0n) is 12.6. The van der Waals surface area contributed by atoms with E-state index in [4.69, 9.17) is 9.88 Å². The van der Waals surface area contributed by atoms with E-state index in [-0.39, 0.29) is 11.7 Å². The molecule has 7 nitrogen and oxygen atoms in total. The van der Waals surface area contributed by atoms with Crippen LogP contribution in [0.3, 0.4) is 0 Å². The molecule has 0 saturated heterocycles. The van der Waals surface area contributed by atoms with E-state index in [1.54, 1.807) is 37.5 Å². The standard InChI is InChI=1S/C16H14N2O5S/c1-22-11-4-2-3-10(7-11)8-14-13-9-12(23-24(17,20)21)5-6-15(13)18-16(14)19/h2-9H,1H3,(H,18,19)(H2,17,20,21)/b14-8+. The molecular weight excluding hydrogens is 332 g/mol. The van der Waals surface area contributed by atoms with Gasteiger partial charge in [-0.1, -0.05) is 12.1 Å². The number of carbonyl (C=O) groups is 1. The quantitative estimate of drug-likeness (QED) is 0.820. The molecule has 24 heavy (non-hydrogen) atoms. The van der Waals surface area contributed by atoms with Crippen LogP contribution in [0.1, 0.15) is 11.1 Å². The van der Waals surface area contributed by atoms with Crippen LogP contribution in [0.25, 0.3) is 11.6 Å². The van der Waals surface area contributed by atoms with Crippen LogP contribution in [0, 0.1) is 0 Å². The number of ether oxygens (including phenoxy) is 1. The number of carbonyl (C=O) groups excluding carboxylic acids is 1. The molecule has 8 heteroatoms. The van der Waals surface area contributed by atoms with Crippen molar-refractivity contribution in [2.45, 2.75) is 0 Å². The molecule has 3 N–H and O–H groups in total. The van der Waals surface area contributed by atoms with Crippen LogP contribution in [0.5, 0.6) is 11.5 Å². The zero-order valence-corrected chi connectivity index (χ0v) is 13.5. The third-order valence-corrected chi connectivity index (χ3v) is 3.82. The molecule has 0 saturated carbocycles. The highest BCUT2D eigenvalue weighted by atomic mass is 32.2. The molecule has 2 aromatic rings. The number of nitrogens with one attached hydrogen (secondary N) is 1. The lowest BCUT2D eigenvalue weighted by atomic mass is 10.0. The Morgan fingerprint density at radius 3 is 2.62 bits per heavy atom. The number of hydrogen-bond acceptors (Lipinski definition) is 5. The fraction of sp³-hybridized carbons (Fsp3) is 0.0625. The number of amides is 1. The van der Waals surface area contributed by atoms with Gasteiger partial charge in [0.2, 0.25) is 0 Å². The number of benzene rings is 2. The molecule has 124 valence electrons. The monoisotopic (exact) mass is 346 g/mol. The molecule has 0 bridgehead atoms. The average Bonchev–Trinajstić information content (AvgIpc) is 2.82. The van der Waals surface area contributed by atoms with Crippen molar-refractivity contribution in [3.63, 3.8) is 0 Å². The van der Waals surface area contributed by atoms with Gasteiger partial charge in [-0.05, 0) is 42.0 Å². The summed E-state index contributed by atoms with van der Waals surface area (Å²) in [5, 5.41) is 7.58. The van der Waals surface area contributed by atoms with Gasteiger partial charge in [-0.2, -0.15) is 13.6 Å². The minimum atomic E-state index is -4.13. The summed E-state index contributed by atoms with van der Waals surface area (Å²) in [7, 11) is -2.58. The van der Waals surface area contributed by atoms with Crippen LogP contribution in [0.15, 0.2) is 42.5 Å². The zero-order chi connectivity index (χ0) is 17.3. The first kappa shape index (κ1) is 16.0. The second kappa shape index (κ2) is 5.99. The molecule has 1 amide bonds. The molecule has 1 aliphatic heterocycles. The van der Waals surface area contributed by atoms with Crippen LogP contribution < -0.4 is 19.4 Å². The van der Waals surface area contributed by atoms with Gasteiger partial charge in [0, 0.05) is 16.8 Å². The number of nitrogens with two attached hydrogens (primary N) is 1. The normalized spacial score (nSPS) is 15.1. The Bertz CT molecular complexity index is 951. The van der Waals surface area contributed by atoms with Gasteiger partial charge in [0.05, 0.1) is 7.11 Å². The maximum Gasteiger partial charge on any atom is 0.380 e. The lowest BCUT2D eigenvalue weighted by Crippen LogP contribution is -2.18. The Hall–Kier alpha value is -2.84. The van der Waals surface area contributed by atoms with Crippen molar-refractivity contribution < 1.29 is 22.1 Å². The second-order valence-corrected chi connectivity index (χ2v) is 6.22. The summed E-state index contributed by atoms with van der Waals surface area (Å²) in [6, 6.07) is 11.6. The first-order valence-corrected chi connectivity index (χ1v) is 8.36. The Morgan fingerprint density at radius 1 is 1.12 bits per heavy atom. The number of anilines is 1. The van der Waals surface area contributed by atoms with E-state index in [1.165, 1.54) is 12.1 Å². The van der Waals surface area contributed by atoms with Gasteiger partial charge in [0.25, 0.3) is 5.91 Å². The summed E-state index contributed by atoms with van der Waals surface area (Å²) in [6.07, 6.45) is 1.68. The number of methoxy groups -OCH3 is 1. The number of hydrogen-bond donors (Lipinski definition) is 2. The van der Waals surface area contributed by atoms with E-state index < -0.39 is 10.3 Å². The van der Waals surface area contributed by atoms with Gasteiger partial charge in [-0.3, -0.25) is 4.79 Å². The minimum Gasteiger partial charge on any atom is -0.497 e. The fourth-order valence-corrected chi connectivity index (χ4v) is 2.77. The molecule has 0 aromatic heterocycles. The molecule has 0 unspecified atom stereocenters. The Morgan fingerprint density at radius 2 is 1.92 bits per heavy atom. The summed E-state index contributed by atoms with van der Waals surface area (Å²) < 4.78 is 31.9. The Kier molecular flexibility index (Phi) is 4.00. The summed E-state index contributed by atoms with van der Waals surface area (Å²) in [6.45, 7) is 0. The van der Waals surface area contributed by atoms with Crippen LogP contribution in [0.2, 0.25) is 0 Å². The van der Waals surface area contributed by atoms with Crippen molar-refractivity contribution in [2.24, 2.45) is 5.14 Å². The number of fused-ring (bicyclic) bond motifs is 1. The summed E-state index contributed by atoms with van der Waals surface area (Å²) in [5.41, 5.74) is 2.25. The first-order valence-electron chi connectivity index (χ1n) is 6.89. The Labute approximate surface area is 139 Å². The lowest BCUT2D eigenvalue weighted by molar-refractivity contribution is -0.110. The summed E-state index contributed by atoms with van der Waals surface area (Å²) in [4.78, 5) is 12.2. The average molecular weight is 346 g/mol.